The lowest BCUT2D eigenvalue weighted by molar-refractivity contribution is 0.102. The second-order valence-corrected chi connectivity index (χ2v) is 6.11. The number of benzene rings is 1. The van der Waals surface area contributed by atoms with Gasteiger partial charge >= 0.3 is 0 Å². The molecule has 0 aliphatic carbocycles. The molecule has 0 fully saturated rings. The molecule has 0 saturated carbocycles. The number of nitrogens with zero attached hydrogens (tertiary/aromatic N) is 4. The average molecular weight is 335 g/mol. The molecule has 0 bridgehead atoms. The van der Waals surface area contributed by atoms with Crippen molar-refractivity contribution in [1.29, 1.82) is 0 Å². The molecular weight excluding hydrogens is 318 g/mol. The van der Waals surface area contributed by atoms with Gasteiger partial charge in [0, 0.05) is 17.8 Å². The molecule has 3 heterocycles. The summed E-state index contributed by atoms with van der Waals surface area (Å²) in [4.78, 5) is 14.4. The van der Waals surface area contributed by atoms with Crippen LogP contribution in [0.3, 0.4) is 0 Å². The Morgan fingerprint density at radius 2 is 2.08 bits per heavy atom. The molecule has 1 aromatic carbocycles. The standard InChI is InChI=1S/C18H17N5O2/c1-11-9-13-5-3-4-6-15(13)23(11)17-8-7-14(20-21-17)18(24)19-16-10-12(2)25-22-16/h3-8,10-11H,9H2,1-2H3,(H,19,22,24). The third-order valence-electron chi connectivity index (χ3n) is 4.21. The van der Waals surface area contributed by atoms with E-state index in [1.165, 1.54) is 5.56 Å². The molecule has 3 aromatic rings. The van der Waals surface area contributed by atoms with Gasteiger partial charge in [0.05, 0.1) is 0 Å². The molecule has 1 amide bonds. The van der Waals surface area contributed by atoms with Crippen LogP contribution in [0.25, 0.3) is 0 Å². The van der Waals surface area contributed by atoms with Gasteiger partial charge in [-0.3, -0.25) is 4.79 Å². The van der Waals surface area contributed by atoms with Crippen LogP contribution in [0.15, 0.2) is 47.0 Å². The summed E-state index contributed by atoms with van der Waals surface area (Å²) in [6.07, 6.45) is 0.964. The first-order valence-electron chi connectivity index (χ1n) is 8.07. The van der Waals surface area contributed by atoms with E-state index in [0.717, 1.165) is 17.9 Å². The molecule has 1 N–H and O–H groups in total. The summed E-state index contributed by atoms with van der Waals surface area (Å²) in [6.45, 7) is 3.90. The molecule has 7 heteroatoms. The molecule has 1 atom stereocenters. The number of aryl methyl sites for hydroxylation is 1. The molecule has 0 saturated heterocycles. The van der Waals surface area contributed by atoms with Crippen molar-refractivity contribution < 1.29 is 9.32 Å². The van der Waals surface area contributed by atoms with E-state index >= 15 is 0 Å². The lowest BCUT2D eigenvalue weighted by atomic mass is 10.1. The number of para-hydroxylation sites is 1. The van der Waals surface area contributed by atoms with Gasteiger partial charge in [-0.2, -0.15) is 0 Å². The number of nitrogens with one attached hydrogen (secondary N) is 1. The third kappa shape index (κ3) is 2.84. The van der Waals surface area contributed by atoms with Crippen molar-refractivity contribution in [1.82, 2.24) is 15.4 Å². The first kappa shape index (κ1) is 15.3. The highest BCUT2D eigenvalue weighted by Crippen LogP contribution is 2.36. The minimum atomic E-state index is -0.373. The Hall–Kier alpha value is -3.22. The number of hydrogen-bond acceptors (Lipinski definition) is 6. The number of aromatic nitrogens is 3. The lowest BCUT2D eigenvalue weighted by Crippen LogP contribution is -2.25. The van der Waals surface area contributed by atoms with Gasteiger partial charge in [-0.25, -0.2) is 0 Å². The minimum Gasteiger partial charge on any atom is -0.360 e. The number of hydrogen-bond donors (Lipinski definition) is 1. The highest BCUT2D eigenvalue weighted by atomic mass is 16.5. The lowest BCUT2D eigenvalue weighted by Gasteiger charge is -2.23. The van der Waals surface area contributed by atoms with E-state index in [1.807, 2.05) is 18.2 Å². The van der Waals surface area contributed by atoms with Crippen LogP contribution in [0, 0.1) is 6.92 Å². The summed E-state index contributed by atoms with van der Waals surface area (Å²) in [5.74, 6) is 1.34. The number of rotatable bonds is 3. The van der Waals surface area contributed by atoms with E-state index in [2.05, 4.69) is 44.6 Å². The van der Waals surface area contributed by atoms with E-state index in [0.29, 0.717) is 17.6 Å². The largest absolute Gasteiger partial charge is 0.360 e. The van der Waals surface area contributed by atoms with Crippen LogP contribution in [-0.2, 0) is 6.42 Å². The Labute approximate surface area is 144 Å². The predicted octanol–water partition coefficient (Wildman–Crippen LogP) is 3.11. The van der Waals surface area contributed by atoms with Crippen molar-refractivity contribution in [2.75, 3.05) is 10.2 Å². The van der Waals surface area contributed by atoms with Gasteiger partial charge in [0.15, 0.2) is 17.3 Å². The quantitative estimate of drug-likeness (QED) is 0.792. The fraction of sp³-hybridized carbons (Fsp3) is 0.222. The van der Waals surface area contributed by atoms with Crippen molar-refractivity contribution in [2.45, 2.75) is 26.3 Å². The first-order valence-corrected chi connectivity index (χ1v) is 8.07. The molecule has 1 unspecified atom stereocenters. The van der Waals surface area contributed by atoms with Crippen molar-refractivity contribution >= 4 is 23.2 Å². The van der Waals surface area contributed by atoms with Gasteiger partial charge in [0.25, 0.3) is 5.91 Å². The molecule has 0 radical (unpaired) electrons. The van der Waals surface area contributed by atoms with Gasteiger partial charge in [0.1, 0.15) is 5.76 Å². The normalized spacial score (nSPS) is 15.9. The van der Waals surface area contributed by atoms with E-state index in [-0.39, 0.29) is 11.6 Å². The smallest absolute Gasteiger partial charge is 0.277 e. The summed E-state index contributed by atoms with van der Waals surface area (Å²) in [6, 6.07) is 13.7. The summed E-state index contributed by atoms with van der Waals surface area (Å²) in [5, 5.41) is 14.7. The van der Waals surface area contributed by atoms with Crippen LogP contribution in [0.2, 0.25) is 0 Å². The average Bonchev–Trinajstić information content (AvgIpc) is 3.17. The zero-order valence-corrected chi connectivity index (χ0v) is 13.9. The van der Waals surface area contributed by atoms with Crippen LogP contribution in [0.5, 0.6) is 0 Å². The van der Waals surface area contributed by atoms with Crippen molar-refractivity contribution in [3.05, 3.63) is 59.5 Å². The Bertz CT molecular complexity index is 919. The van der Waals surface area contributed by atoms with Gasteiger partial charge in [-0.05, 0) is 44.0 Å². The van der Waals surface area contributed by atoms with E-state index in [1.54, 1.807) is 19.1 Å². The van der Waals surface area contributed by atoms with Crippen LogP contribution in [0.1, 0.15) is 28.7 Å². The zero-order valence-electron chi connectivity index (χ0n) is 13.9. The number of carbonyl (C=O) groups excluding carboxylic acids is 1. The molecular formula is C18H17N5O2. The van der Waals surface area contributed by atoms with E-state index < -0.39 is 0 Å². The second-order valence-electron chi connectivity index (χ2n) is 6.11. The summed E-state index contributed by atoms with van der Waals surface area (Å²) >= 11 is 0. The fourth-order valence-electron chi connectivity index (χ4n) is 3.10. The van der Waals surface area contributed by atoms with Crippen LogP contribution in [0.4, 0.5) is 17.3 Å². The molecule has 4 rings (SSSR count). The first-order chi connectivity index (χ1) is 12.1. The Morgan fingerprint density at radius 1 is 1.24 bits per heavy atom. The monoisotopic (exact) mass is 335 g/mol. The fourth-order valence-corrected chi connectivity index (χ4v) is 3.10. The molecule has 7 nitrogen and oxygen atoms in total. The Kier molecular flexibility index (Phi) is 3.68. The Morgan fingerprint density at radius 3 is 2.80 bits per heavy atom. The van der Waals surface area contributed by atoms with Crippen molar-refractivity contribution in [3.63, 3.8) is 0 Å². The van der Waals surface area contributed by atoms with Gasteiger partial charge in [-0.1, -0.05) is 23.4 Å². The SMILES string of the molecule is Cc1cc(NC(=O)c2ccc(N3c4ccccc4CC3C)nn2)no1. The summed E-state index contributed by atoms with van der Waals surface area (Å²) < 4.78 is 4.93. The van der Waals surface area contributed by atoms with Crippen LogP contribution >= 0.6 is 0 Å². The van der Waals surface area contributed by atoms with E-state index in [9.17, 15) is 4.79 Å². The highest BCUT2D eigenvalue weighted by Gasteiger charge is 2.28. The summed E-state index contributed by atoms with van der Waals surface area (Å²) in [5.41, 5.74) is 2.66. The minimum absolute atomic E-state index is 0.226. The van der Waals surface area contributed by atoms with Gasteiger partial charge < -0.3 is 14.7 Å². The molecule has 1 aliphatic heterocycles. The number of amides is 1. The topological polar surface area (TPSA) is 84.2 Å². The zero-order chi connectivity index (χ0) is 17.4. The molecule has 2 aromatic heterocycles. The molecule has 0 spiro atoms. The number of fused-ring (bicyclic) bond motifs is 1. The van der Waals surface area contributed by atoms with Crippen LogP contribution in [-0.4, -0.2) is 27.3 Å². The molecule has 126 valence electrons. The van der Waals surface area contributed by atoms with Gasteiger partial charge in [-0.15, -0.1) is 10.2 Å². The highest BCUT2D eigenvalue weighted by molar-refractivity contribution is 6.02. The maximum absolute atomic E-state index is 12.2. The maximum atomic E-state index is 12.2. The summed E-state index contributed by atoms with van der Waals surface area (Å²) in [7, 11) is 0. The molecule has 25 heavy (non-hydrogen) atoms. The predicted molar refractivity (Wildman–Crippen MR) is 93.0 cm³/mol. The molecule has 1 aliphatic rings. The maximum Gasteiger partial charge on any atom is 0.277 e. The van der Waals surface area contributed by atoms with Crippen molar-refractivity contribution in [2.24, 2.45) is 0 Å². The van der Waals surface area contributed by atoms with Crippen LogP contribution < -0.4 is 10.2 Å². The Balaban J connectivity index is 1.55. The number of anilines is 3. The van der Waals surface area contributed by atoms with E-state index in [4.69, 9.17) is 4.52 Å². The number of carbonyl (C=O) groups is 1. The third-order valence-corrected chi connectivity index (χ3v) is 4.21. The van der Waals surface area contributed by atoms with Crippen molar-refractivity contribution in [3.8, 4) is 0 Å². The second kappa shape index (κ2) is 6.01. The van der Waals surface area contributed by atoms with Gasteiger partial charge in [0.2, 0.25) is 0 Å².